The van der Waals surface area contributed by atoms with Crippen molar-refractivity contribution in [1.29, 1.82) is 0 Å². The Morgan fingerprint density at radius 2 is 1.16 bits per heavy atom. The van der Waals surface area contributed by atoms with Crippen LogP contribution in [0.15, 0.2) is 126 Å². The number of thioether (sulfide) groups is 1. The second-order valence-electron chi connectivity index (χ2n) is 8.96. The first-order valence-corrected chi connectivity index (χ1v) is 13.5. The molecule has 0 saturated carbocycles. The van der Waals surface area contributed by atoms with Gasteiger partial charge in [-0.1, -0.05) is 109 Å². The summed E-state index contributed by atoms with van der Waals surface area (Å²) in [5.41, 5.74) is 2.27. The third kappa shape index (κ3) is 7.11. The second-order valence-corrected chi connectivity index (χ2v) is 10.1. The summed E-state index contributed by atoms with van der Waals surface area (Å²) in [6.07, 6.45) is -1.32. The number of ether oxygens (including phenoxy) is 4. The fraction of sp³-hybridized carbons (Fsp3) is 0.219. The largest absolute Gasteiger partial charge is 0.459 e. The van der Waals surface area contributed by atoms with Crippen LogP contribution in [0.5, 0.6) is 0 Å². The molecule has 0 aromatic heterocycles. The Morgan fingerprint density at radius 3 is 1.74 bits per heavy atom. The molecule has 1 heterocycles. The number of rotatable bonds is 11. The average molecular weight is 527 g/mol. The number of hydrogen-bond acceptors (Lipinski definition) is 6. The number of hydrogen-bond donors (Lipinski definition) is 0. The van der Waals surface area contributed by atoms with Gasteiger partial charge in [0.2, 0.25) is 0 Å². The van der Waals surface area contributed by atoms with Gasteiger partial charge in [0.15, 0.2) is 0 Å². The van der Waals surface area contributed by atoms with Crippen molar-refractivity contribution in [2.24, 2.45) is 0 Å². The standard InChI is InChI=1S/C32H30O5S/c33-31(26-17-9-3-10-18-26)36-23-28-29(34-21-24-13-5-1-6-14-24)30(35-22-25-15-7-2-8-16-25)32(37-28)38-27-19-11-4-12-20-27/h1-20,28-30,32H,21-23H2/t28-,29?,30?,32+/m1/s1. The van der Waals surface area contributed by atoms with Crippen LogP contribution in [0, 0.1) is 0 Å². The Labute approximate surface area is 227 Å². The monoisotopic (exact) mass is 526 g/mol. The van der Waals surface area contributed by atoms with E-state index in [9.17, 15) is 4.79 Å². The molecule has 2 unspecified atom stereocenters. The van der Waals surface area contributed by atoms with Crippen LogP contribution in [0.25, 0.3) is 0 Å². The maximum atomic E-state index is 12.7. The van der Waals surface area contributed by atoms with Gasteiger partial charge in [-0.2, -0.15) is 0 Å². The van der Waals surface area contributed by atoms with Crippen LogP contribution in [0.2, 0.25) is 0 Å². The summed E-state index contributed by atoms with van der Waals surface area (Å²) in [5, 5.41) is 0. The SMILES string of the molecule is O=C(OC[C@H]1O[C@@H](Sc2ccccc2)C(OCc2ccccc2)C1OCc1ccccc1)c1ccccc1. The van der Waals surface area contributed by atoms with E-state index in [0.717, 1.165) is 16.0 Å². The molecule has 1 aliphatic rings. The topological polar surface area (TPSA) is 54.0 Å². The van der Waals surface area contributed by atoms with Gasteiger partial charge in [-0.3, -0.25) is 0 Å². The molecule has 1 saturated heterocycles. The first-order valence-electron chi connectivity index (χ1n) is 12.7. The highest BCUT2D eigenvalue weighted by Gasteiger charge is 2.47. The molecule has 6 heteroatoms. The lowest BCUT2D eigenvalue weighted by Crippen LogP contribution is -2.39. The molecule has 38 heavy (non-hydrogen) atoms. The molecule has 194 valence electrons. The Balaban J connectivity index is 1.36. The second kappa shape index (κ2) is 13.4. The molecule has 0 N–H and O–H groups in total. The van der Waals surface area contributed by atoms with E-state index in [1.807, 2.05) is 109 Å². The minimum absolute atomic E-state index is 0.0598. The summed E-state index contributed by atoms with van der Waals surface area (Å²) in [5.74, 6) is -0.392. The van der Waals surface area contributed by atoms with Gasteiger partial charge < -0.3 is 18.9 Å². The highest BCUT2D eigenvalue weighted by Crippen LogP contribution is 2.38. The van der Waals surface area contributed by atoms with Gasteiger partial charge in [0, 0.05) is 4.90 Å². The van der Waals surface area contributed by atoms with E-state index in [-0.39, 0.29) is 18.1 Å². The number of carbonyl (C=O) groups is 1. The lowest BCUT2D eigenvalue weighted by molar-refractivity contribution is -0.0834. The van der Waals surface area contributed by atoms with Gasteiger partial charge in [0.25, 0.3) is 0 Å². The van der Waals surface area contributed by atoms with Crippen LogP contribution >= 0.6 is 11.8 Å². The molecule has 1 fully saturated rings. The van der Waals surface area contributed by atoms with Crippen LogP contribution in [0.1, 0.15) is 21.5 Å². The smallest absolute Gasteiger partial charge is 0.338 e. The molecule has 4 atom stereocenters. The van der Waals surface area contributed by atoms with Crippen LogP contribution < -0.4 is 0 Å². The zero-order chi connectivity index (χ0) is 26.0. The first kappa shape index (κ1) is 26.2. The van der Waals surface area contributed by atoms with E-state index in [0.29, 0.717) is 18.8 Å². The molecule has 0 amide bonds. The molecule has 5 rings (SSSR count). The third-order valence-electron chi connectivity index (χ3n) is 6.22. The predicted octanol–water partition coefficient (Wildman–Crippen LogP) is 6.53. The number of benzene rings is 4. The normalized spacial score (nSPS) is 20.7. The van der Waals surface area contributed by atoms with Crippen molar-refractivity contribution in [1.82, 2.24) is 0 Å². The molecule has 4 aromatic carbocycles. The van der Waals surface area contributed by atoms with Crippen LogP contribution in [0.4, 0.5) is 0 Å². The molecule has 0 bridgehead atoms. The number of esters is 1. The average Bonchev–Trinajstić information content (AvgIpc) is 3.31. The highest BCUT2D eigenvalue weighted by molar-refractivity contribution is 7.99. The lowest BCUT2D eigenvalue weighted by atomic mass is 10.1. The van der Waals surface area contributed by atoms with Crippen molar-refractivity contribution in [2.45, 2.75) is 41.9 Å². The third-order valence-corrected chi connectivity index (χ3v) is 7.38. The summed E-state index contributed by atoms with van der Waals surface area (Å²) in [6.45, 7) is 0.874. The van der Waals surface area contributed by atoms with Gasteiger partial charge in [-0.15, -0.1) is 0 Å². The first-order chi connectivity index (χ1) is 18.8. The van der Waals surface area contributed by atoms with Crippen molar-refractivity contribution in [2.75, 3.05) is 6.61 Å². The fourth-order valence-corrected chi connectivity index (χ4v) is 5.43. The Kier molecular flexibility index (Phi) is 9.24. The van der Waals surface area contributed by atoms with Gasteiger partial charge in [-0.05, 0) is 35.4 Å². The Bertz CT molecular complexity index is 1250. The Morgan fingerprint density at radius 1 is 0.658 bits per heavy atom. The van der Waals surface area contributed by atoms with Crippen molar-refractivity contribution < 1.29 is 23.7 Å². The zero-order valence-corrected chi connectivity index (χ0v) is 21.7. The quantitative estimate of drug-likeness (QED) is 0.207. The molecular weight excluding hydrogens is 496 g/mol. The van der Waals surface area contributed by atoms with Crippen molar-refractivity contribution in [3.63, 3.8) is 0 Å². The molecule has 0 radical (unpaired) electrons. The van der Waals surface area contributed by atoms with Crippen molar-refractivity contribution in [3.05, 3.63) is 138 Å². The zero-order valence-electron chi connectivity index (χ0n) is 20.9. The van der Waals surface area contributed by atoms with Crippen LogP contribution in [-0.2, 0) is 32.2 Å². The minimum atomic E-state index is -0.492. The van der Waals surface area contributed by atoms with E-state index >= 15 is 0 Å². The molecular formula is C32H30O5S. The molecule has 0 aliphatic carbocycles. The van der Waals surface area contributed by atoms with E-state index < -0.39 is 18.2 Å². The van der Waals surface area contributed by atoms with Gasteiger partial charge in [-0.25, -0.2) is 4.79 Å². The lowest BCUT2D eigenvalue weighted by Gasteiger charge is -2.25. The maximum absolute atomic E-state index is 12.7. The van der Waals surface area contributed by atoms with Crippen LogP contribution in [0.3, 0.4) is 0 Å². The fourth-order valence-electron chi connectivity index (χ4n) is 4.28. The van der Waals surface area contributed by atoms with Crippen molar-refractivity contribution >= 4 is 17.7 Å². The van der Waals surface area contributed by atoms with Gasteiger partial charge in [0.05, 0.1) is 18.8 Å². The van der Waals surface area contributed by atoms with Gasteiger partial charge in [0.1, 0.15) is 30.4 Å². The van der Waals surface area contributed by atoms with E-state index in [2.05, 4.69) is 0 Å². The number of carbonyl (C=O) groups excluding carboxylic acids is 1. The van der Waals surface area contributed by atoms with Gasteiger partial charge >= 0.3 is 5.97 Å². The summed E-state index contributed by atoms with van der Waals surface area (Å²) >= 11 is 1.59. The van der Waals surface area contributed by atoms with E-state index in [4.69, 9.17) is 18.9 Å². The molecule has 1 aliphatic heterocycles. The highest BCUT2D eigenvalue weighted by atomic mass is 32.2. The van der Waals surface area contributed by atoms with E-state index in [1.54, 1.807) is 23.9 Å². The van der Waals surface area contributed by atoms with Crippen molar-refractivity contribution in [3.8, 4) is 0 Å². The minimum Gasteiger partial charge on any atom is -0.459 e. The summed E-state index contributed by atoms with van der Waals surface area (Å²) in [7, 11) is 0. The summed E-state index contributed by atoms with van der Waals surface area (Å²) in [4.78, 5) is 13.8. The van der Waals surface area contributed by atoms with Crippen LogP contribution in [-0.4, -0.2) is 36.3 Å². The maximum Gasteiger partial charge on any atom is 0.338 e. The molecule has 4 aromatic rings. The summed E-state index contributed by atoms with van der Waals surface area (Å²) in [6, 6.07) is 39.1. The summed E-state index contributed by atoms with van der Waals surface area (Å²) < 4.78 is 25.1. The predicted molar refractivity (Wildman–Crippen MR) is 148 cm³/mol. The molecule has 5 nitrogen and oxygen atoms in total. The van der Waals surface area contributed by atoms with E-state index in [1.165, 1.54) is 0 Å². The molecule has 0 spiro atoms. The Hall–Kier alpha value is -3.42.